The van der Waals surface area contributed by atoms with Crippen molar-refractivity contribution in [1.29, 1.82) is 0 Å². The minimum atomic E-state index is 0.824. The molecule has 3 nitrogen and oxygen atoms in total. The van der Waals surface area contributed by atoms with Crippen LogP contribution in [0.1, 0.15) is 36.9 Å². The Balaban J connectivity index is 1.59. The molecule has 1 aromatic heterocycles. The van der Waals surface area contributed by atoms with Crippen LogP contribution in [0.4, 0.5) is 0 Å². The molecule has 0 radical (unpaired) electrons. The van der Waals surface area contributed by atoms with E-state index in [2.05, 4.69) is 34.3 Å². The van der Waals surface area contributed by atoms with E-state index in [4.69, 9.17) is 0 Å². The summed E-state index contributed by atoms with van der Waals surface area (Å²) in [6, 6.07) is 5.18. The summed E-state index contributed by atoms with van der Waals surface area (Å²) in [7, 11) is 0. The molecule has 3 heteroatoms. The van der Waals surface area contributed by atoms with Gasteiger partial charge in [0.2, 0.25) is 0 Å². The van der Waals surface area contributed by atoms with E-state index in [1.807, 2.05) is 6.20 Å². The highest BCUT2D eigenvalue weighted by Crippen LogP contribution is 2.29. The fourth-order valence-electron chi connectivity index (χ4n) is 2.99. The molecule has 1 saturated heterocycles. The van der Waals surface area contributed by atoms with E-state index in [1.165, 1.54) is 56.6 Å². The lowest BCUT2D eigenvalue weighted by atomic mass is 9.99. The molecule has 19 heavy (non-hydrogen) atoms. The van der Waals surface area contributed by atoms with Gasteiger partial charge in [0, 0.05) is 25.3 Å². The third-order valence-electron chi connectivity index (χ3n) is 4.29. The summed E-state index contributed by atoms with van der Waals surface area (Å²) in [5.74, 6) is 0.833. The smallest absolute Gasteiger partial charge is 0.0544 e. The third kappa shape index (κ3) is 3.77. The molecule has 1 atom stereocenters. The molecule has 2 aliphatic rings. The molecular weight excluding hydrogens is 234 g/mol. The van der Waals surface area contributed by atoms with E-state index >= 15 is 0 Å². The number of aryl methyl sites for hydroxylation is 1. The SMILES string of the molecule is Cc1ccc(CN(CC2CCCNC2)C2CC2)nc1. The Labute approximate surface area is 116 Å². The van der Waals surface area contributed by atoms with Crippen LogP contribution >= 0.6 is 0 Å². The molecule has 0 aromatic carbocycles. The van der Waals surface area contributed by atoms with E-state index in [1.54, 1.807) is 0 Å². The number of aromatic nitrogens is 1. The van der Waals surface area contributed by atoms with Gasteiger partial charge in [0.05, 0.1) is 5.69 Å². The topological polar surface area (TPSA) is 28.2 Å². The minimum absolute atomic E-state index is 0.824. The van der Waals surface area contributed by atoms with Gasteiger partial charge in [0.25, 0.3) is 0 Å². The standard InChI is InChI=1S/C16H25N3/c1-13-4-5-15(18-9-13)12-19(16-6-7-16)11-14-3-2-8-17-10-14/h4-5,9,14,16-17H,2-3,6-8,10-12H2,1H3. The molecule has 1 N–H and O–H groups in total. The minimum Gasteiger partial charge on any atom is -0.316 e. The lowest BCUT2D eigenvalue weighted by Crippen LogP contribution is -2.39. The van der Waals surface area contributed by atoms with Crippen molar-refractivity contribution < 1.29 is 0 Å². The van der Waals surface area contributed by atoms with Gasteiger partial charge in [-0.15, -0.1) is 0 Å². The Kier molecular flexibility index (Phi) is 4.14. The van der Waals surface area contributed by atoms with Gasteiger partial charge in [-0.25, -0.2) is 0 Å². The second-order valence-electron chi connectivity index (χ2n) is 6.20. The molecule has 0 amide bonds. The van der Waals surface area contributed by atoms with Crippen molar-refractivity contribution in [3.8, 4) is 0 Å². The highest BCUT2D eigenvalue weighted by molar-refractivity contribution is 5.12. The molecule has 2 fully saturated rings. The normalized spacial score (nSPS) is 23.8. The number of hydrogen-bond acceptors (Lipinski definition) is 3. The van der Waals surface area contributed by atoms with Gasteiger partial charge in [0.15, 0.2) is 0 Å². The van der Waals surface area contributed by atoms with E-state index in [0.717, 1.165) is 18.5 Å². The van der Waals surface area contributed by atoms with Gasteiger partial charge < -0.3 is 5.32 Å². The Hall–Kier alpha value is -0.930. The molecule has 1 aliphatic carbocycles. The van der Waals surface area contributed by atoms with Crippen molar-refractivity contribution in [2.45, 2.75) is 45.2 Å². The highest BCUT2D eigenvalue weighted by Gasteiger charge is 2.31. The highest BCUT2D eigenvalue weighted by atomic mass is 15.2. The summed E-state index contributed by atoms with van der Waals surface area (Å²) < 4.78 is 0. The third-order valence-corrected chi connectivity index (χ3v) is 4.29. The van der Waals surface area contributed by atoms with E-state index in [0.29, 0.717) is 0 Å². The average molecular weight is 259 g/mol. The first-order valence-electron chi connectivity index (χ1n) is 7.67. The number of nitrogens with zero attached hydrogens (tertiary/aromatic N) is 2. The second-order valence-corrected chi connectivity index (χ2v) is 6.20. The first-order valence-corrected chi connectivity index (χ1v) is 7.67. The lowest BCUT2D eigenvalue weighted by molar-refractivity contribution is 0.191. The molecule has 0 spiro atoms. The zero-order valence-electron chi connectivity index (χ0n) is 11.9. The van der Waals surface area contributed by atoms with Crippen molar-refractivity contribution in [2.24, 2.45) is 5.92 Å². The maximum atomic E-state index is 4.56. The number of piperidine rings is 1. The van der Waals surface area contributed by atoms with Gasteiger partial charge >= 0.3 is 0 Å². The van der Waals surface area contributed by atoms with Crippen molar-refractivity contribution in [2.75, 3.05) is 19.6 Å². The van der Waals surface area contributed by atoms with Crippen molar-refractivity contribution in [3.05, 3.63) is 29.6 Å². The van der Waals surface area contributed by atoms with E-state index in [9.17, 15) is 0 Å². The maximum Gasteiger partial charge on any atom is 0.0544 e. The fourth-order valence-corrected chi connectivity index (χ4v) is 2.99. The Morgan fingerprint density at radius 1 is 1.32 bits per heavy atom. The van der Waals surface area contributed by atoms with Crippen LogP contribution in [-0.4, -0.2) is 35.6 Å². The van der Waals surface area contributed by atoms with E-state index < -0.39 is 0 Å². The number of hydrogen-bond donors (Lipinski definition) is 1. The molecule has 2 heterocycles. The first kappa shape index (κ1) is 13.1. The van der Waals surface area contributed by atoms with Gasteiger partial charge in [-0.3, -0.25) is 9.88 Å². The largest absolute Gasteiger partial charge is 0.316 e. The predicted octanol–water partition coefficient (Wildman–Crippen LogP) is 2.35. The molecule has 1 unspecified atom stereocenters. The summed E-state index contributed by atoms with van der Waals surface area (Å²) in [5.41, 5.74) is 2.47. The van der Waals surface area contributed by atoms with Crippen LogP contribution in [-0.2, 0) is 6.54 Å². The summed E-state index contributed by atoms with van der Waals surface area (Å²) in [6.45, 7) is 6.78. The Morgan fingerprint density at radius 2 is 2.21 bits per heavy atom. The summed E-state index contributed by atoms with van der Waals surface area (Å²) in [6.07, 6.45) is 7.48. The van der Waals surface area contributed by atoms with Crippen LogP contribution < -0.4 is 5.32 Å². The van der Waals surface area contributed by atoms with E-state index in [-0.39, 0.29) is 0 Å². The van der Waals surface area contributed by atoms with Crippen molar-refractivity contribution in [3.63, 3.8) is 0 Å². The number of nitrogens with one attached hydrogen (secondary N) is 1. The molecule has 1 saturated carbocycles. The summed E-state index contributed by atoms with van der Waals surface area (Å²) in [5, 5.41) is 3.53. The Morgan fingerprint density at radius 3 is 2.84 bits per heavy atom. The van der Waals surface area contributed by atoms with Crippen LogP contribution in [0, 0.1) is 12.8 Å². The number of rotatable bonds is 5. The molecule has 3 rings (SSSR count). The van der Waals surface area contributed by atoms with Crippen LogP contribution in [0.15, 0.2) is 18.3 Å². The number of pyridine rings is 1. The van der Waals surface area contributed by atoms with Crippen LogP contribution in [0.2, 0.25) is 0 Å². The zero-order chi connectivity index (χ0) is 13.1. The van der Waals surface area contributed by atoms with Crippen LogP contribution in [0.5, 0.6) is 0 Å². The molecule has 0 bridgehead atoms. The monoisotopic (exact) mass is 259 g/mol. The molecular formula is C16H25N3. The van der Waals surface area contributed by atoms with Gasteiger partial charge in [-0.2, -0.15) is 0 Å². The van der Waals surface area contributed by atoms with Gasteiger partial charge in [0.1, 0.15) is 0 Å². The quantitative estimate of drug-likeness (QED) is 0.880. The predicted molar refractivity (Wildman–Crippen MR) is 78.0 cm³/mol. The van der Waals surface area contributed by atoms with Crippen LogP contribution in [0.25, 0.3) is 0 Å². The molecule has 1 aliphatic heterocycles. The zero-order valence-corrected chi connectivity index (χ0v) is 11.9. The van der Waals surface area contributed by atoms with Gasteiger partial charge in [-0.05, 0) is 63.2 Å². The molecule has 104 valence electrons. The van der Waals surface area contributed by atoms with Gasteiger partial charge in [-0.1, -0.05) is 6.07 Å². The maximum absolute atomic E-state index is 4.56. The lowest BCUT2D eigenvalue weighted by Gasteiger charge is -2.30. The summed E-state index contributed by atoms with van der Waals surface area (Å²) in [4.78, 5) is 7.23. The van der Waals surface area contributed by atoms with Crippen molar-refractivity contribution >= 4 is 0 Å². The Bertz CT molecular complexity index is 391. The van der Waals surface area contributed by atoms with Crippen molar-refractivity contribution in [1.82, 2.24) is 15.2 Å². The fraction of sp³-hybridized carbons (Fsp3) is 0.688. The van der Waals surface area contributed by atoms with Crippen LogP contribution in [0.3, 0.4) is 0 Å². The first-order chi connectivity index (χ1) is 9.31. The average Bonchev–Trinajstić information content (AvgIpc) is 3.26. The second kappa shape index (κ2) is 6.02. The summed E-state index contributed by atoms with van der Waals surface area (Å²) >= 11 is 0. The molecule has 1 aromatic rings.